The number of hydrogen-bond acceptors (Lipinski definition) is 5. The summed E-state index contributed by atoms with van der Waals surface area (Å²) in [7, 11) is -2.49. The molecule has 0 saturated heterocycles. The molecule has 2 aromatic carbocycles. The summed E-state index contributed by atoms with van der Waals surface area (Å²) < 4.78 is 33.7. The SMILES string of the molecule is COc1ccc(NC(=O)[C@@H](C)CNC(=O)O)cc1NS(=O)(=O)c1ccc(Br)cc1. The van der Waals surface area contributed by atoms with Gasteiger partial charge in [-0.3, -0.25) is 9.52 Å². The van der Waals surface area contributed by atoms with Gasteiger partial charge in [0.2, 0.25) is 5.91 Å². The molecule has 0 aliphatic rings. The topological polar surface area (TPSA) is 134 Å². The van der Waals surface area contributed by atoms with Crippen LogP contribution in [0.1, 0.15) is 6.92 Å². The summed E-state index contributed by atoms with van der Waals surface area (Å²) in [5.41, 5.74) is 0.469. The van der Waals surface area contributed by atoms with Crippen molar-refractivity contribution in [3.05, 3.63) is 46.9 Å². The Balaban J connectivity index is 2.21. The van der Waals surface area contributed by atoms with E-state index in [4.69, 9.17) is 9.84 Å². The maximum Gasteiger partial charge on any atom is 0.404 e. The van der Waals surface area contributed by atoms with Crippen molar-refractivity contribution in [2.45, 2.75) is 11.8 Å². The monoisotopic (exact) mass is 485 g/mol. The summed E-state index contributed by atoms with van der Waals surface area (Å²) in [5.74, 6) is -0.786. The number of anilines is 2. The average Bonchev–Trinajstić information content (AvgIpc) is 2.66. The molecule has 0 heterocycles. The number of carboxylic acid groups (broad SMARTS) is 1. The Kier molecular flexibility index (Phi) is 7.46. The number of carbonyl (C=O) groups excluding carboxylic acids is 1. The summed E-state index contributed by atoms with van der Waals surface area (Å²) in [5, 5.41) is 13.4. The lowest BCUT2D eigenvalue weighted by atomic mass is 10.1. The molecular formula is C18H20BrN3O6S. The molecule has 0 aromatic heterocycles. The fourth-order valence-electron chi connectivity index (χ4n) is 2.28. The van der Waals surface area contributed by atoms with Gasteiger partial charge in [-0.1, -0.05) is 22.9 Å². The van der Waals surface area contributed by atoms with Crippen molar-refractivity contribution in [2.75, 3.05) is 23.7 Å². The van der Waals surface area contributed by atoms with Gasteiger partial charge in [0.15, 0.2) is 0 Å². The zero-order chi connectivity index (χ0) is 21.6. The van der Waals surface area contributed by atoms with Gasteiger partial charge in [0.1, 0.15) is 5.75 Å². The third-order valence-corrected chi connectivity index (χ3v) is 5.75. The number of amides is 2. The molecule has 2 amide bonds. The lowest BCUT2D eigenvalue weighted by Crippen LogP contribution is -2.33. The van der Waals surface area contributed by atoms with Gasteiger partial charge in [-0.15, -0.1) is 0 Å². The first kappa shape index (κ1) is 22.5. The number of halogens is 1. The summed E-state index contributed by atoms with van der Waals surface area (Å²) >= 11 is 3.25. The van der Waals surface area contributed by atoms with Crippen LogP contribution < -0.4 is 20.1 Å². The number of carbonyl (C=O) groups is 2. The number of nitrogens with one attached hydrogen (secondary N) is 3. The van der Waals surface area contributed by atoms with Crippen LogP contribution in [0.4, 0.5) is 16.2 Å². The van der Waals surface area contributed by atoms with Gasteiger partial charge >= 0.3 is 6.09 Å². The normalized spacial score (nSPS) is 12.0. The molecule has 2 rings (SSSR count). The highest BCUT2D eigenvalue weighted by molar-refractivity contribution is 9.10. The lowest BCUT2D eigenvalue weighted by molar-refractivity contribution is -0.119. The van der Waals surface area contributed by atoms with E-state index >= 15 is 0 Å². The minimum Gasteiger partial charge on any atom is -0.495 e. The van der Waals surface area contributed by atoms with Crippen LogP contribution in [0.3, 0.4) is 0 Å². The summed E-state index contributed by atoms with van der Waals surface area (Å²) in [6.07, 6.45) is -1.22. The molecule has 1 atom stereocenters. The quantitative estimate of drug-likeness (QED) is 0.453. The van der Waals surface area contributed by atoms with Crippen LogP contribution in [-0.2, 0) is 14.8 Å². The minimum atomic E-state index is -3.88. The molecule has 29 heavy (non-hydrogen) atoms. The average molecular weight is 486 g/mol. The van der Waals surface area contributed by atoms with Crippen LogP contribution in [0.15, 0.2) is 51.8 Å². The van der Waals surface area contributed by atoms with E-state index < -0.39 is 27.9 Å². The first-order valence-electron chi connectivity index (χ1n) is 8.36. The molecule has 0 spiro atoms. The lowest BCUT2D eigenvalue weighted by Gasteiger charge is -2.15. The van der Waals surface area contributed by atoms with E-state index in [0.29, 0.717) is 5.69 Å². The van der Waals surface area contributed by atoms with Crippen LogP contribution in [-0.4, -0.2) is 39.2 Å². The molecule has 9 nitrogen and oxygen atoms in total. The van der Waals surface area contributed by atoms with Gasteiger partial charge in [-0.05, 0) is 42.5 Å². The van der Waals surface area contributed by atoms with Crippen molar-refractivity contribution in [3.63, 3.8) is 0 Å². The van der Waals surface area contributed by atoms with Gasteiger partial charge in [0.25, 0.3) is 10.0 Å². The fraction of sp³-hybridized carbons (Fsp3) is 0.222. The van der Waals surface area contributed by atoms with Crippen molar-refractivity contribution in [1.29, 1.82) is 0 Å². The maximum atomic E-state index is 12.6. The molecule has 4 N–H and O–H groups in total. The molecule has 11 heteroatoms. The Hall–Kier alpha value is -2.79. The van der Waals surface area contributed by atoms with E-state index in [2.05, 4.69) is 31.3 Å². The molecule has 0 fully saturated rings. The highest BCUT2D eigenvalue weighted by Gasteiger charge is 2.18. The molecule has 0 aliphatic heterocycles. The Bertz CT molecular complexity index is 995. The van der Waals surface area contributed by atoms with E-state index in [1.807, 2.05) is 0 Å². The molecule has 156 valence electrons. The number of benzene rings is 2. The predicted molar refractivity (Wildman–Crippen MR) is 112 cm³/mol. The van der Waals surface area contributed by atoms with Gasteiger partial charge in [0.05, 0.1) is 23.6 Å². The third-order valence-electron chi connectivity index (χ3n) is 3.84. The predicted octanol–water partition coefficient (Wildman–Crippen LogP) is 3.10. The highest BCUT2D eigenvalue weighted by Crippen LogP contribution is 2.30. The molecule has 0 radical (unpaired) electrons. The number of rotatable bonds is 8. The Morgan fingerprint density at radius 1 is 1.17 bits per heavy atom. The van der Waals surface area contributed by atoms with Crippen LogP contribution in [0.25, 0.3) is 0 Å². The number of ether oxygens (including phenoxy) is 1. The standard InChI is InChI=1S/C18H20BrN3O6S/c1-11(10-20-18(24)25)17(23)21-13-5-8-16(28-2)15(9-13)22-29(26,27)14-6-3-12(19)4-7-14/h3-9,11,20,22H,10H2,1-2H3,(H,21,23)(H,24,25)/t11-/m0/s1. The smallest absolute Gasteiger partial charge is 0.404 e. The first-order chi connectivity index (χ1) is 13.6. The molecule has 0 aliphatic carbocycles. The highest BCUT2D eigenvalue weighted by atomic mass is 79.9. The van der Waals surface area contributed by atoms with E-state index in [1.54, 1.807) is 25.1 Å². The molecule has 2 aromatic rings. The molecular weight excluding hydrogens is 466 g/mol. The number of sulfonamides is 1. The second-order valence-electron chi connectivity index (χ2n) is 6.05. The summed E-state index contributed by atoms with van der Waals surface area (Å²) in [6, 6.07) is 10.6. The van der Waals surface area contributed by atoms with Crippen molar-refractivity contribution >= 4 is 49.3 Å². The van der Waals surface area contributed by atoms with Crippen LogP contribution >= 0.6 is 15.9 Å². The van der Waals surface area contributed by atoms with E-state index in [-0.39, 0.29) is 22.9 Å². The minimum absolute atomic E-state index is 0.0552. The zero-order valence-electron chi connectivity index (χ0n) is 15.6. The van der Waals surface area contributed by atoms with Crippen molar-refractivity contribution in [3.8, 4) is 5.75 Å². The van der Waals surface area contributed by atoms with Crippen molar-refractivity contribution in [1.82, 2.24) is 5.32 Å². The fourth-order valence-corrected chi connectivity index (χ4v) is 3.61. The molecule has 0 saturated carbocycles. The van der Waals surface area contributed by atoms with Gasteiger partial charge in [-0.25, -0.2) is 13.2 Å². The Morgan fingerprint density at radius 3 is 2.41 bits per heavy atom. The van der Waals surface area contributed by atoms with E-state index in [9.17, 15) is 18.0 Å². The van der Waals surface area contributed by atoms with E-state index in [0.717, 1.165) is 4.47 Å². The van der Waals surface area contributed by atoms with Gasteiger partial charge < -0.3 is 20.5 Å². The summed E-state index contributed by atoms with van der Waals surface area (Å²) in [6.45, 7) is 1.51. The third kappa shape index (κ3) is 6.36. The number of methoxy groups -OCH3 is 1. The Labute approximate surface area is 176 Å². The Morgan fingerprint density at radius 2 is 1.83 bits per heavy atom. The molecule has 0 bridgehead atoms. The largest absolute Gasteiger partial charge is 0.495 e. The van der Waals surface area contributed by atoms with Crippen LogP contribution in [0.2, 0.25) is 0 Å². The zero-order valence-corrected chi connectivity index (χ0v) is 18.0. The summed E-state index contributed by atoms with van der Waals surface area (Å²) in [4.78, 5) is 22.8. The maximum absolute atomic E-state index is 12.6. The van der Waals surface area contributed by atoms with Crippen LogP contribution in [0.5, 0.6) is 5.75 Å². The van der Waals surface area contributed by atoms with Gasteiger partial charge in [0, 0.05) is 16.7 Å². The van der Waals surface area contributed by atoms with Gasteiger partial charge in [-0.2, -0.15) is 0 Å². The van der Waals surface area contributed by atoms with Crippen molar-refractivity contribution < 1.29 is 27.9 Å². The molecule has 0 unspecified atom stereocenters. The number of hydrogen-bond donors (Lipinski definition) is 4. The van der Waals surface area contributed by atoms with Crippen molar-refractivity contribution in [2.24, 2.45) is 5.92 Å². The van der Waals surface area contributed by atoms with Crippen LogP contribution in [0, 0.1) is 5.92 Å². The second kappa shape index (κ2) is 9.61. The second-order valence-corrected chi connectivity index (χ2v) is 8.65. The first-order valence-corrected chi connectivity index (χ1v) is 10.6. The van der Waals surface area contributed by atoms with E-state index in [1.165, 1.54) is 31.4 Å².